The standard InChI is InChI=1S/C18H20O5/c1-4-21-16(19)8-12-9-17(20)22-15-10-14-11(7-13(12)15)5-6-18(2,3)23-14/h7,9-10H,4-6,8H2,1-3H3. The van der Waals surface area contributed by atoms with Crippen molar-refractivity contribution in [2.45, 2.75) is 45.6 Å². The largest absolute Gasteiger partial charge is 0.487 e. The SMILES string of the molecule is CCOC(=O)Cc1cc(=O)oc2cc3c(cc12)CCC(C)(C)O3. The van der Waals surface area contributed by atoms with Gasteiger partial charge in [-0.1, -0.05) is 0 Å². The van der Waals surface area contributed by atoms with Gasteiger partial charge in [-0.25, -0.2) is 4.79 Å². The van der Waals surface area contributed by atoms with Gasteiger partial charge in [-0.3, -0.25) is 4.79 Å². The molecule has 1 aliphatic rings. The van der Waals surface area contributed by atoms with Crippen molar-refractivity contribution < 1.29 is 18.7 Å². The van der Waals surface area contributed by atoms with Crippen molar-refractivity contribution in [3.8, 4) is 5.75 Å². The maximum atomic E-state index is 11.8. The summed E-state index contributed by atoms with van der Waals surface area (Å²) >= 11 is 0. The average molecular weight is 316 g/mol. The van der Waals surface area contributed by atoms with E-state index >= 15 is 0 Å². The van der Waals surface area contributed by atoms with Crippen molar-refractivity contribution in [2.75, 3.05) is 6.61 Å². The van der Waals surface area contributed by atoms with Crippen LogP contribution in [0, 0.1) is 0 Å². The lowest BCUT2D eigenvalue weighted by Crippen LogP contribution is -2.32. The molecule has 0 radical (unpaired) electrons. The van der Waals surface area contributed by atoms with Crippen LogP contribution in [0.4, 0.5) is 0 Å². The van der Waals surface area contributed by atoms with Gasteiger partial charge in [-0.15, -0.1) is 0 Å². The van der Waals surface area contributed by atoms with E-state index in [2.05, 4.69) is 0 Å². The molecule has 0 atom stereocenters. The number of hydrogen-bond donors (Lipinski definition) is 0. The van der Waals surface area contributed by atoms with E-state index in [1.165, 1.54) is 6.07 Å². The Morgan fingerprint density at radius 2 is 2.09 bits per heavy atom. The minimum absolute atomic E-state index is 0.0566. The number of ether oxygens (including phenoxy) is 2. The first-order valence-electron chi connectivity index (χ1n) is 7.82. The molecule has 1 aliphatic heterocycles. The third-order valence-corrected chi connectivity index (χ3v) is 4.03. The Labute approximate surface area is 134 Å². The second kappa shape index (κ2) is 5.72. The van der Waals surface area contributed by atoms with Gasteiger partial charge in [0.1, 0.15) is 16.9 Å². The first kappa shape index (κ1) is 15.6. The average Bonchev–Trinajstić information content (AvgIpc) is 2.44. The summed E-state index contributed by atoms with van der Waals surface area (Å²) in [6.45, 7) is 6.14. The van der Waals surface area contributed by atoms with Gasteiger partial charge in [0.15, 0.2) is 0 Å². The molecule has 5 nitrogen and oxygen atoms in total. The first-order valence-corrected chi connectivity index (χ1v) is 7.82. The van der Waals surface area contributed by atoms with Gasteiger partial charge in [-0.2, -0.15) is 0 Å². The highest BCUT2D eigenvalue weighted by Gasteiger charge is 2.27. The van der Waals surface area contributed by atoms with Gasteiger partial charge in [0.2, 0.25) is 0 Å². The molecule has 1 aromatic heterocycles. The summed E-state index contributed by atoms with van der Waals surface area (Å²) in [6.07, 6.45) is 1.85. The van der Waals surface area contributed by atoms with Crippen molar-refractivity contribution in [1.29, 1.82) is 0 Å². The van der Waals surface area contributed by atoms with E-state index in [-0.39, 0.29) is 18.0 Å². The van der Waals surface area contributed by atoms with E-state index in [4.69, 9.17) is 13.9 Å². The van der Waals surface area contributed by atoms with E-state index in [0.717, 1.165) is 29.5 Å². The van der Waals surface area contributed by atoms with Gasteiger partial charge in [0.25, 0.3) is 0 Å². The maximum absolute atomic E-state index is 11.8. The van der Waals surface area contributed by atoms with Crippen molar-refractivity contribution in [3.63, 3.8) is 0 Å². The van der Waals surface area contributed by atoms with E-state index in [9.17, 15) is 9.59 Å². The van der Waals surface area contributed by atoms with Crippen LogP contribution in [0.1, 0.15) is 38.3 Å². The molecular formula is C18H20O5. The van der Waals surface area contributed by atoms with Crippen LogP contribution in [0.25, 0.3) is 11.0 Å². The van der Waals surface area contributed by atoms with Crippen molar-refractivity contribution in [1.82, 2.24) is 0 Å². The minimum Gasteiger partial charge on any atom is -0.487 e. The van der Waals surface area contributed by atoms with E-state index in [0.29, 0.717) is 17.8 Å². The molecule has 0 bridgehead atoms. The third kappa shape index (κ3) is 3.23. The fraction of sp³-hybridized carbons (Fsp3) is 0.444. The van der Waals surface area contributed by atoms with E-state index < -0.39 is 5.63 Å². The maximum Gasteiger partial charge on any atom is 0.336 e. The molecule has 23 heavy (non-hydrogen) atoms. The number of fused-ring (bicyclic) bond motifs is 2. The van der Waals surface area contributed by atoms with Crippen molar-refractivity contribution in [2.24, 2.45) is 0 Å². The predicted molar refractivity (Wildman–Crippen MR) is 85.8 cm³/mol. The molecule has 0 saturated carbocycles. The minimum atomic E-state index is -0.480. The summed E-state index contributed by atoms with van der Waals surface area (Å²) in [7, 11) is 0. The molecule has 5 heteroatoms. The van der Waals surface area contributed by atoms with Gasteiger partial charge in [0.05, 0.1) is 13.0 Å². The summed E-state index contributed by atoms with van der Waals surface area (Å²) in [5, 5.41) is 0.764. The quantitative estimate of drug-likeness (QED) is 0.643. The molecule has 3 rings (SSSR count). The Hall–Kier alpha value is -2.30. The Morgan fingerprint density at radius 1 is 1.30 bits per heavy atom. The van der Waals surface area contributed by atoms with Crippen LogP contribution in [-0.4, -0.2) is 18.2 Å². The summed E-state index contributed by atoms with van der Waals surface area (Å²) in [4.78, 5) is 23.5. The first-order chi connectivity index (χ1) is 10.9. The number of aryl methyl sites for hydroxylation is 1. The molecule has 0 amide bonds. The van der Waals surface area contributed by atoms with Crippen molar-refractivity contribution in [3.05, 3.63) is 39.7 Å². The number of rotatable bonds is 3. The lowest BCUT2D eigenvalue weighted by molar-refractivity contribution is -0.142. The second-order valence-electron chi connectivity index (χ2n) is 6.39. The van der Waals surface area contributed by atoms with Crippen LogP contribution in [-0.2, 0) is 22.4 Å². The van der Waals surface area contributed by atoms with E-state index in [1.54, 1.807) is 13.0 Å². The molecule has 0 saturated heterocycles. The highest BCUT2D eigenvalue weighted by atomic mass is 16.5. The zero-order valence-electron chi connectivity index (χ0n) is 13.6. The molecule has 0 N–H and O–H groups in total. The van der Waals surface area contributed by atoms with Gasteiger partial charge < -0.3 is 13.9 Å². The second-order valence-corrected chi connectivity index (χ2v) is 6.39. The number of hydrogen-bond acceptors (Lipinski definition) is 5. The summed E-state index contributed by atoms with van der Waals surface area (Å²) in [5.41, 5.74) is 1.42. The fourth-order valence-corrected chi connectivity index (χ4v) is 2.89. The number of carbonyl (C=O) groups excluding carboxylic acids is 1. The van der Waals surface area contributed by atoms with Crippen LogP contribution in [0.2, 0.25) is 0 Å². The highest BCUT2D eigenvalue weighted by Crippen LogP contribution is 2.36. The monoisotopic (exact) mass is 316 g/mol. The summed E-state index contributed by atoms with van der Waals surface area (Å²) in [6, 6.07) is 5.07. The topological polar surface area (TPSA) is 65.7 Å². The molecule has 0 fully saturated rings. The number of carbonyl (C=O) groups is 1. The Bertz CT molecular complexity index is 816. The molecule has 122 valence electrons. The summed E-state index contributed by atoms with van der Waals surface area (Å²) in [5.74, 6) is 0.389. The highest BCUT2D eigenvalue weighted by molar-refractivity contribution is 5.87. The molecule has 0 unspecified atom stereocenters. The zero-order valence-corrected chi connectivity index (χ0v) is 13.6. The van der Waals surface area contributed by atoms with Crippen LogP contribution >= 0.6 is 0 Å². The van der Waals surface area contributed by atoms with E-state index in [1.807, 2.05) is 19.9 Å². The Morgan fingerprint density at radius 3 is 2.83 bits per heavy atom. The molecule has 0 aliphatic carbocycles. The van der Waals surface area contributed by atoms with Crippen LogP contribution in [0.15, 0.2) is 27.4 Å². The van der Waals surface area contributed by atoms with Gasteiger partial charge >= 0.3 is 11.6 Å². The Kier molecular flexibility index (Phi) is 3.88. The van der Waals surface area contributed by atoms with Crippen LogP contribution < -0.4 is 10.4 Å². The lowest BCUT2D eigenvalue weighted by atomic mass is 9.92. The molecular weight excluding hydrogens is 296 g/mol. The van der Waals surface area contributed by atoms with Crippen LogP contribution in [0.3, 0.4) is 0 Å². The smallest absolute Gasteiger partial charge is 0.336 e. The van der Waals surface area contributed by atoms with Crippen LogP contribution in [0.5, 0.6) is 5.75 Å². The summed E-state index contributed by atoms with van der Waals surface area (Å²) < 4.78 is 16.2. The number of esters is 1. The van der Waals surface area contributed by atoms with Gasteiger partial charge in [-0.05, 0) is 50.8 Å². The fourth-order valence-electron chi connectivity index (χ4n) is 2.89. The lowest BCUT2D eigenvalue weighted by Gasteiger charge is -2.32. The van der Waals surface area contributed by atoms with Crippen molar-refractivity contribution >= 4 is 16.9 Å². The molecule has 2 aromatic rings. The third-order valence-electron chi connectivity index (χ3n) is 4.03. The normalized spacial score (nSPS) is 15.8. The predicted octanol–water partition coefficient (Wildman–Crippen LogP) is 3.00. The number of benzene rings is 1. The molecule has 0 spiro atoms. The molecule has 2 heterocycles. The zero-order chi connectivity index (χ0) is 16.6. The Balaban J connectivity index is 2.09. The van der Waals surface area contributed by atoms with Gasteiger partial charge in [0, 0.05) is 17.5 Å². The molecule has 1 aromatic carbocycles.